The molecule has 8 heteroatoms. The van der Waals surface area contributed by atoms with Crippen LogP contribution in [0.5, 0.6) is 0 Å². The van der Waals surface area contributed by atoms with Gasteiger partial charge in [0.1, 0.15) is 6.04 Å². The van der Waals surface area contributed by atoms with Crippen molar-refractivity contribution in [2.24, 2.45) is 17.8 Å². The van der Waals surface area contributed by atoms with Crippen molar-refractivity contribution in [2.75, 3.05) is 26.3 Å². The number of likely N-dealkylation sites (tertiary alicyclic amines) is 1. The highest BCUT2D eigenvalue weighted by Crippen LogP contribution is 2.68. The van der Waals surface area contributed by atoms with E-state index in [9.17, 15) is 19.5 Å². The number of ether oxygens (including phenoxy) is 1. The number of aliphatic hydroxyl groups is 1. The van der Waals surface area contributed by atoms with Gasteiger partial charge in [0.15, 0.2) is 0 Å². The fraction of sp³-hybridized carbons (Fsp3) is 0.781. The van der Waals surface area contributed by atoms with Crippen LogP contribution in [0.1, 0.15) is 90.4 Å². The van der Waals surface area contributed by atoms with Gasteiger partial charge in [-0.1, -0.05) is 51.2 Å². The van der Waals surface area contributed by atoms with Crippen molar-refractivity contribution >= 4 is 29.5 Å². The summed E-state index contributed by atoms with van der Waals surface area (Å²) in [5, 5.41) is 9.20. The van der Waals surface area contributed by atoms with E-state index >= 15 is 0 Å². The van der Waals surface area contributed by atoms with Gasteiger partial charge in [0, 0.05) is 31.0 Å². The van der Waals surface area contributed by atoms with Crippen molar-refractivity contribution in [3.05, 3.63) is 25.3 Å². The van der Waals surface area contributed by atoms with Crippen molar-refractivity contribution in [3.63, 3.8) is 0 Å². The van der Waals surface area contributed by atoms with Gasteiger partial charge in [0.2, 0.25) is 11.8 Å². The fourth-order valence-corrected chi connectivity index (χ4v) is 10.2. The number of unbranched alkanes of at least 4 members (excludes halogenated alkanes) is 5. The molecule has 3 unspecified atom stereocenters. The minimum Gasteiger partial charge on any atom is -0.465 e. The molecule has 7 nitrogen and oxygen atoms in total. The Bertz CT molecular complexity index is 921. The van der Waals surface area contributed by atoms with Crippen LogP contribution in [0.4, 0.5) is 0 Å². The van der Waals surface area contributed by atoms with Crippen molar-refractivity contribution in [3.8, 4) is 0 Å². The first kappa shape index (κ1) is 31.1. The first-order valence-corrected chi connectivity index (χ1v) is 16.6. The van der Waals surface area contributed by atoms with E-state index in [1.165, 1.54) is 6.42 Å². The minimum absolute atomic E-state index is 0.00849. The van der Waals surface area contributed by atoms with Crippen LogP contribution in [-0.4, -0.2) is 81.1 Å². The molecule has 3 saturated heterocycles. The predicted molar refractivity (Wildman–Crippen MR) is 160 cm³/mol. The number of carbonyl (C=O) groups excluding carboxylic acids is 3. The highest BCUT2D eigenvalue weighted by molar-refractivity contribution is 8.02. The average Bonchev–Trinajstić information content (AvgIpc) is 3.55. The lowest BCUT2D eigenvalue weighted by molar-refractivity contribution is -0.154. The third-order valence-electron chi connectivity index (χ3n) is 9.73. The number of hydrogen-bond acceptors (Lipinski definition) is 6. The lowest BCUT2D eigenvalue weighted by Crippen LogP contribution is -2.59. The van der Waals surface area contributed by atoms with E-state index in [0.717, 1.165) is 77.0 Å². The number of nitrogens with zero attached hydrogens (tertiary/aromatic N) is 2. The Labute approximate surface area is 245 Å². The van der Waals surface area contributed by atoms with Crippen LogP contribution in [0.2, 0.25) is 0 Å². The van der Waals surface area contributed by atoms with Crippen LogP contribution in [0, 0.1) is 17.8 Å². The first-order chi connectivity index (χ1) is 19.4. The van der Waals surface area contributed by atoms with Crippen LogP contribution in [0.15, 0.2) is 25.3 Å². The van der Waals surface area contributed by atoms with Crippen LogP contribution in [0.25, 0.3) is 0 Å². The second-order valence-corrected chi connectivity index (χ2v) is 13.8. The maximum atomic E-state index is 14.7. The third-order valence-corrected chi connectivity index (χ3v) is 11.8. The molecular formula is C32H50N2O5S. The molecule has 4 aliphatic rings. The Balaban J connectivity index is 1.61. The molecule has 1 spiro atoms. The Morgan fingerprint density at radius 3 is 2.55 bits per heavy atom. The summed E-state index contributed by atoms with van der Waals surface area (Å²) in [5.74, 6) is -1.14. The summed E-state index contributed by atoms with van der Waals surface area (Å²) in [7, 11) is 0. The van der Waals surface area contributed by atoms with Gasteiger partial charge in [-0.05, 0) is 57.3 Å². The zero-order valence-electron chi connectivity index (χ0n) is 24.4. The van der Waals surface area contributed by atoms with E-state index in [4.69, 9.17) is 4.74 Å². The van der Waals surface area contributed by atoms with Gasteiger partial charge in [0.05, 0.1) is 23.2 Å². The van der Waals surface area contributed by atoms with E-state index < -0.39 is 22.6 Å². The molecule has 3 heterocycles. The zero-order valence-corrected chi connectivity index (χ0v) is 25.3. The van der Waals surface area contributed by atoms with E-state index in [-0.39, 0.29) is 41.6 Å². The summed E-state index contributed by atoms with van der Waals surface area (Å²) in [6.07, 6.45) is 15.8. The molecule has 3 aliphatic heterocycles. The number of hydrogen-bond donors (Lipinski definition) is 1. The molecule has 2 amide bonds. The maximum Gasteiger partial charge on any atom is 0.310 e. The van der Waals surface area contributed by atoms with Crippen molar-refractivity contribution in [2.45, 2.75) is 112 Å². The number of fused-ring (bicyclic) bond motifs is 1. The summed E-state index contributed by atoms with van der Waals surface area (Å²) < 4.78 is 5.16. The summed E-state index contributed by atoms with van der Waals surface area (Å²) in [6.45, 7) is 11.4. The Morgan fingerprint density at radius 2 is 1.85 bits per heavy atom. The van der Waals surface area contributed by atoms with E-state index in [1.54, 1.807) is 11.8 Å². The third kappa shape index (κ3) is 6.04. The molecular weight excluding hydrogens is 524 g/mol. The number of amides is 2. The van der Waals surface area contributed by atoms with Gasteiger partial charge in [-0.3, -0.25) is 14.4 Å². The SMILES string of the molecule is C=CCCCCOC(=O)[C@@H]1[C@@H]2CC(C)C3(S2)C(C(=O)N(CC=C)C2CCCCC2)N(CCCCCCO)C(=O)[C@H]13. The second kappa shape index (κ2) is 14.4. The monoisotopic (exact) mass is 574 g/mol. The summed E-state index contributed by atoms with van der Waals surface area (Å²) in [6, 6.07) is -0.397. The largest absolute Gasteiger partial charge is 0.465 e. The van der Waals surface area contributed by atoms with Crippen molar-refractivity contribution in [1.82, 2.24) is 9.80 Å². The molecule has 1 aliphatic carbocycles. The van der Waals surface area contributed by atoms with Gasteiger partial charge >= 0.3 is 5.97 Å². The summed E-state index contributed by atoms with van der Waals surface area (Å²) in [4.78, 5) is 46.3. The van der Waals surface area contributed by atoms with Gasteiger partial charge in [-0.2, -0.15) is 0 Å². The predicted octanol–water partition coefficient (Wildman–Crippen LogP) is 5.12. The normalized spacial score (nSPS) is 31.3. The number of esters is 1. The molecule has 1 N–H and O–H groups in total. The van der Waals surface area contributed by atoms with Crippen LogP contribution >= 0.6 is 11.8 Å². The summed E-state index contributed by atoms with van der Waals surface area (Å²) >= 11 is 1.73. The molecule has 4 fully saturated rings. The second-order valence-electron chi connectivity index (χ2n) is 12.2. The molecule has 0 radical (unpaired) electrons. The molecule has 0 aromatic rings. The van der Waals surface area contributed by atoms with Crippen LogP contribution < -0.4 is 0 Å². The van der Waals surface area contributed by atoms with Gasteiger partial charge in [-0.25, -0.2) is 0 Å². The van der Waals surface area contributed by atoms with Crippen molar-refractivity contribution in [1.29, 1.82) is 0 Å². The first-order valence-electron chi connectivity index (χ1n) is 15.7. The quantitative estimate of drug-likeness (QED) is 0.156. The number of allylic oxidation sites excluding steroid dienone is 1. The smallest absolute Gasteiger partial charge is 0.310 e. The van der Waals surface area contributed by atoms with Crippen LogP contribution in [-0.2, 0) is 19.1 Å². The number of thioether (sulfide) groups is 1. The lowest BCUT2D eigenvalue weighted by Gasteiger charge is -2.43. The number of rotatable bonds is 16. The highest BCUT2D eigenvalue weighted by Gasteiger charge is 2.76. The van der Waals surface area contributed by atoms with Crippen molar-refractivity contribution < 1.29 is 24.2 Å². The van der Waals surface area contributed by atoms with Gasteiger partial charge in [-0.15, -0.1) is 24.9 Å². The van der Waals surface area contributed by atoms with Crippen LogP contribution in [0.3, 0.4) is 0 Å². The molecule has 4 rings (SSSR count). The van der Waals surface area contributed by atoms with Gasteiger partial charge < -0.3 is 19.6 Å². The topological polar surface area (TPSA) is 87.2 Å². The Hall–Kier alpha value is -1.80. The van der Waals surface area contributed by atoms with E-state index in [1.807, 2.05) is 22.0 Å². The molecule has 2 bridgehead atoms. The van der Waals surface area contributed by atoms with E-state index in [2.05, 4.69) is 20.1 Å². The Morgan fingerprint density at radius 1 is 1.10 bits per heavy atom. The molecule has 0 aromatic carbocycles. The lowest BCUT2D eigenvalue weighted by atomic mass is 9.66. The summed E-state index contributed by atoms with van der Waals surface area (Å²) in [5.41, 5.74) is 0. The molecule has 1 saturated carbocycles. The zero-order chi connectivity index (χ0) is 28.7. The fourth-order valence-electron chi connectivity index (χ4n) is 7.82. The maximum absolute atomic E-state index is 14.7. The van der Waals surface area contributed by atoms with E-state index in [0.29, 0.717) is 19.7 Å². The minimum atomic E-state index is -0.607. The number of carbonyl (C=O) groups is 3. The highest BCUT2D eigenvalue weighted by atomic mass is 32.2. The molecule has 40 heavy (non-hydrogen) atoms. The average molecular weight is 575 g/mol. The molecule has 224 valence electrons. The molecule has 6 atom stereocenters. The Kier molecular flexibility index (Phi) is 11.2. The molecule has 0 aromatic heterocycles. The van der Waals surface area contributed by atoms with Gasteiger partial charge in [0.25, 0.3) is 0 Å². The number of aliphatic hydroxyl groups excluding tert-OH is 1. The standard InChI is InChI=1S/C32H50N2O5S/c1-4-6-7-15-21-39-31(38)26-25-22-23(3)32(40-25)27(26)29(36)34(19-13-8-9-14-20-35)28(32)30(37)33(18-5-2)24-16-11-10-12-17-24/h4-5,23-28,35H,1-2,6-22H2,3H3/t23?,25-,26+,27-,28?,32?/m0/s1.